The Morgan fingerprint density at radius 3 is 2.78 bits per heavy atom. The molecular weight excluding hydrogens is 246 g/mol. The van der Waals surface area contributed by atoms with Crippen LogP contribution in [0.25, 0.3) is 22.0 Å². The van der Waals surface area contributed by atoms with Crippen LogP contribution in [0.2, 0.25) is 0 Å². The standard InChI is InChI=1S/C12H11N5S/c1-2-17-15-12(14-16-17)11-10(13-8-18-11)9-6-4-3-5-7-9/h3-8H,2H2,1H3. The van der Waals surface area contributed by atoms with Gasteiger partial charge in [0.1, 0.15) is 4.88 Å². The lowest BCUT2D eigenvalue weighted by Gasteiger charge is -1.98. The summed E-state index contributed by atoms with van der Waals surface area (Å²) in [7, 11) is 0. The zero-order valence-corrected chi connectivity index (χ0v) is 10.6. The lowest BCUT2D eigenvalue weighted by Crippen LogP contribution is -1.98. The minimum atomic E-state index is 0.637. The largest absolute Gasteiger partial charge is 0.244 e. The van der Waals surface area contributed by atoms with Gasteiger partial charge in [-0.15, -0.1) is 21.5 Å². The van der Waals surface area contributed by atoms with Crippen molar-refractivity contribution in [2.24, 2.45) is 0 Å². The van der Waals surface area contributed by atoms with Crippen LogP contribution < -0.4 is 0 Å². The molecule has 0 fully saturated rings. The zero-order chi connectivity index (χ0) is 12.4. The topological polar surface area (TPSA) is 56.5 Å². The molecule has 0 saturated heterocycles. The molecule has 3 rings (SSSR count). The Balaban J connectivity index is 2.07. The Hall–Kier alpha value is -2.08. The van der Waals surface area contributed by atoms with E-state index >= 15 is 0 Å². The number of hydrogen-bond acceptors (Lipinski definition) is 5. The molecule has 2 heterocycles. The van der Waals surface area contributed by atoms with E-state index in [4.69, 9.17) is 0 Å². The van der Waals surface area contributed by atoms with Crippen molar-refractivity contribution >= 4 is 11.3 Å². The molecular formula is C12H11N5S. The number of aromatic nitrogens is 5. The minimum absolute atomic E-state index is 0.637. The van der Waals surface area contributed by atoms with Crippen molar-refractivity contribution in [3.8, 4) is 22.0 Å². The van der Waals surface area contributed by atoms with E-state index in [2.05, 4.69) is 20.4 Å². The fourth-order valence-electron chi connectivity index (χ4n) is 1.67. The normalized spacial score (nSPS) is 10.7. The summed E-state index contributed by atoms with van der Waals surface area (Å²) in [6.07, 6.45) is 0. The molecule has 2 aromatic heterocycles. The number of aryl methyl sites for hydroxylation is 1. The highest BCUT2D eigenvalue weighted by Crippen LogP contribution is 2.31. The van der Waals surface area contributed by atoms with Crippen LogP contribution in [0, 0.1) is 0 Å². The third-order valence-corrected chi connectivity index (χ3v) is 3.38. The average molecular weight is 257 g/mol. The molecule has 3 aromatic rings. The van der Waals surface area contributed by atoms with Gasteiger partial charge in [0.05, 0.1) is 17.7 Å². The van der Waals surface area contributed by atoms with Crippen molar-refractivity contribution in [2.75, 3.05) is 0 Å². The summed E-state index contributed by atoms with van der Waals surface area (Å²) in [6, 6.07) is 10.0. The van der Waals surface area contributed by atoms with Gasteiger partial charge >= 0.3 is 0 Å². The average Bonchev–Trinajstić information content (AvgIpc) is 3.08. The monoisotopic (exact) mass is 257 g/mol. The molecule has 0 radical (unpaired) electrons. The Kier molecular flexibility index (Phi) is 2.85. The highest BCUT2D eigenvalue weighted by molar-refractivity contribution is 7.13. The molecule has 0 aliphatic rings. The van der Waals surface area contributed by atoms with Gasteiger partial charge in [-0.3, -0.25) is 0 Å². The van der Waals surface area contributed by atoms with E-state index in [9.17, 15) is 0 Å². The quantitative estimate of drug-likeness (QED) is 0.723. The number of nitrogens with zero attached hydrogens (tertiary/aromatic N) is 5. The van der Waals surface area contributed by atoms with Crippen molar-refractivity contribution in [1.29, 1.82) is 0 Å². The first-order valence-electron chi connectivity index (χ1n) is 5.65. The van der Waals surface area contributed by atoms with Crippen LogP contribution in [0.5, 0.6) is 0 Å². The fraction of sp³-hybridized carbons (Fsp3) is 0.167. The van der Waals surface area contributed by atoms with E-state index in [1.54, 1.807) is 4.80 Å². The van der Waals surface area contributed by atoms with Crippen LogP contribution in [-0.2, 0) is 6.54 Å². The summed E-state index contributed by atoms with van der Waals surface area (Å²) in [5, 5.41) is 12.4. The zero-order valence-electron chi connectivity index (χ0n) is 9.82. The predicted molar refractivity (Wildman–Crippen MR) is 70.0 cm³/mol. The van der Waals surface area contributed by atoms with E-state index in [1.165, 1.54) is 11.3 Å². The Morgan fingerprint density at radius 1 is 1.22 bits per heavy atom. The summed E-state index contributed by atoms with van der Waals surface area (Å²) in [5.74, 6) is 0.637. The van der Waals surface area contributed by atoms with E-state index in [1.807, 2.05) is 42.8 Å². The second-order valence-electron chi connectivity index (χ2n) is 3.70. The first-order valence-corrected chi connectivity index (χ1v) is 6.53. The summed E-state index contributed by atoms with van der Waals surface area (Å²) in [6.45, 7) is 2.70. The van der Waals surface area contributed by atoms with Crippen LogP contribution in [0.15, 0.2) is 35.8 Å². The van der Waals surface area contributed by atoms with Crippen LogP contribution in [-0.4, -0.2) is 25.2 Å². The van der Waals surface area contributed by atoms with Gasteiger partial charge < -0.3 is 0 Å². The van der Waals surface area contributed by atoms with Crippen LogP contribution in [0.1, 0.15) is 6.92 Å². The molecule has 1 aromatic carbocycles. The number of tetrazole rings is 1. The molecule has 0 N–H and O–H groups in total. The second kappa shape index (κ2) is 4.66. The minimum Gasteiger partial charge on any atom is -0.244 e. The summed E-state index contributed by atoms with van der Waals surface area (Å²) >= 11 is 1.53. The highest BCUT2D eigenvalue weighted by Gasteiger charge is 2.14. The predicted octanol–water partition coefficient (Wildman–Crippen LogP) is 2.48. The molecule has 0 bridgehead atoms. The van der Waals surface area contributed by atoms with Crippen molar-refractivity contribution in [2.45, 2.75) is 13.5 Å². The van der Waals surface area contributed by atoms with Gasteiger partial charge in [0.2, 0.25) is 5.82 Å². The van der Waals surface area contributed by atoms with E-state index in [0.717, 1.165) is 16.1 Å². The summed E-state index contributed by atoms with van der Waals surface area (Å²) < 4.78 is 0. The molecule has 90 valence electrons. The molecule has 18 heavy (non-hydrogen) atoms. The lowest BCUT2D eigenvalue weighted by atomic mass is 10.1. The van der Waals surface area contributed by atoms with Crippen LogP contribution >= 0.6 is 11.3 Å². The van der Waals surface area contributed by atoms with Gasteiger partial charge in [0.15, 0.2) is 0 Å². The Labute approximate surface area is 108 Å². The van der Waals surface area contributed by atoms with E-state index in [0.29, 0.717) is 12.4 Å². The van der Waals surface area contributed by atoms with Gasteiger partial charge in [-0.2, -0.15) is 4.80 Å². The molecule has 5 nitrogen and oxygen atoms in total. The molecule has 0 amide bonds. The van der Waals surface area contributed by atoms with Gasteiger partial charge in [-0.1, -0.05) is 30.3 Å². The van der Waals surface area contributed by atoms with Crippen molar-refractivity contribution < 1.29 is 0 Å². The first-order chi connectivity index (χ1) is 8.88. The molecule has 0 aliphatic heterocycles. The summed E-state index contributed by atoms with van der Waals surface area (Å²) in [4.78, 5) is 6.93. The van der Waals surface area contributed by atoms with Crippen molar-refractivity contribution in [3.63, 3.8) is 0 Å². The Morgan fingerprint density at radius 2 is 2.06 bits per heavy atom. The number of hydrogen-bond donors (Lipinski definition) is 0. The Bertz CT molecular complexity index is 643. The molecule has 0 aliphatic carbocycles. The van der Waals surface area contributed by atoms with E-state index < -0.39 is 0 Å². The molecule has 6 heteroatoms. The van der Waals surface area contributed by atoms with Gasteiger partial charge in [0, 0.05) is 5.56 Å². The van der Waals surface area contributed by atoms with Gasteiger partial charge in [0.25, 0.3) is 0 Å². The van der Waals surface area contributed by atoms with E-state index in [-0.39, 0.29) is 0 Å². The number of benzene rings is 1. The highest BCUT2D eigenvalue weighted by atomic mass is 32.1. The smallest absolute Gasteiger partial charge is 0.217 e. The number of rotatable bonds is 3. The molecule has 0 spiro atoms. The van der Waals surface area contributed by atoms with Gasteiger partial charge in [-0.25, -0.2) is 4.98 Å². The number of thiazole rings is 1. The summed E-state index contributed by atoms with van der Waals surface area (Å²) in [5.41, 5.74) is 3.79. The third-order valence-electron chi connectivity index (χ3n) is 2.55. The molecule has 0 unspecified atom stereocenters. The first kappa shape index (κ1) is 11.0. The fourth-order valence-corrected chi connectivity index (χ4v) is 2.41. The van der Waals surface area contributed by atoms with Crippen molar-refractivity contribution in [1.82, 2.24) is 25.2 Å². The maximum atomic E-state index is 4.40. The van der Waals surface area contributed by atoms with Crippen LogP contribution in [0.3, 0.4) is 0 Å². The SMILES string of the molecule is CCn1nnc(-c2scnc2-c2ccccc2)n1. The maximum Gasteiger partial charge on any atom is 0.217 e. The van der Waals surface area contributed by atoms with Gasteiger partial charge in [-0.05, 0) is 12.1 Å². The molecule has 0 atom stereocenters. The lowest BCUT2D eigenvalue weighted by molar-refractivity contribution is 0.553. The van der Waals surface area contributed by atoms with Crippen molar-refractivity contribution in [3.05, 3.63) is 35.8 Å². The second-order valence-corrected chi connectivity index (χ2v) is 4.55. The molecule has 0 saturated carbocycles. The third kappa shape index (κ3) is 1.91. The van der Waals surface area contributed by atoms with Crippen LogP contribution in [0.4, 0.5) is 0 Å². The maximum absolute atomic E-state index is 4.40.